The Balaban J connectivity index is 2.11. The first-order chi connectivity index (χ1) is 9.47. The summed E-state index contributed by atoms with van der Waals surface area (Å²) in [7, 11) is 1.76. The van der Waals surface area contributed by atoms with Gasteiger partial charge in [0.2, 0.25) is 0 Å². The fourth-order valence-electron chi connectivity index (χ4n) is 1.79. The molecule has 0 aliphatic heterocycles. The largest absolute Gasteiger partial charge is 0.337 e. The lowest BCUT2D eigenvalue weighted by Gasteiger charge is -2.17. The van der Waals surface area contributed by atoms with E-state index in [4.69, 9.17) is 23.2 Å². The highest BCUT2D eigenvalue weighted by atomic mass is 79.9. The van der Waals surface area contributed by atoms with Gasteiger partial charge in [-0.2, -0.15) is 0 Å². The lowest BCUT2D eigenvalue weighted by molar-refractivity contribution is 0.0785. The van der Waals surface area contributed by atoms with E-state index < -0.39 is 0 Å². The van der Waals surface area contributed by atoms with Gasteiger partial charge in [0.05, 0.1) is 10.0 Å². The van der Waals surface area contributed by atoms with Gasteiger partial charge in [-0.15, -0.1) is 0 Å². The molecule has 2 rings (SSSR count). The highest BCUT2D eigenvalue weighted by Crippen LogP contribution is 2.23. The molecule has 0 aliphatic carbocycles. The summed E-state index contributed by atoms with van der Waals surface area (Å²) < 4.78 is 1.01. The summed E-state index contributed by atoms with van der Waals surface area (Å²) in [5, 5.41) is 0.827. The van der Waals surface area contributed by atoms with Gasteiger partial charge in [0.25, 0.3) is 5.91 Å². The van der Waals surface area contributed by atoms with Crippen molar-refractivity contribution >= 4 is 45.0 Å². The van der Waals surface area contributed by atoms with Gasteiger partial charge in [-0.1, -0.05) is 51.3 Å². The Kier molecular flexibility index (Phi) is 5.08. The Labute approximate surface area is 136 Å². The molecular weight excluding hydrogens is 361 g/mol. The second-order valence-corrected chi connectivity index (χ2v) is 6.15. The van der Waals surface area contributed by atoms with Gasteiger partial charge in [0.15, 0.2) is 0 Å². The molecule has 0 N–H and O–H groups in total. The second-order valence-electron chi connectivity index (χ2n) is 4.42. The lowest BCUT2D eigenvalue weighted by Crippen LogP contribution is -2.26. The molecule has 104 valence electrons. The fraction of sp³-hybridized carbons (Fsp3) is 0.133. The van der Waals surface area contributed by atoms with E-state index in [-0.39, 0.29) is 5.91 Å². The van der Waals surface area contributed by atoms with Crippen LogP contribution in [0.3, 0.4) is 0 Å². The van der Waals surface area contributed by atoms with Crippen LogP contribution in [0.1, 0.15) is 15.9 Å². The topological polar surface area (TPSA) is 20.3 Å². The number of hydrogen-bond donors (Lipinski definition) is 0. The standard InChI is InChI=1S/C15H12BrCl2NO/c1-19(9-10-2-5-12(16)6-3-10)15(20)11-4-7-13(17)14(18)8-11/h2-8H,9H2,1H3. The molecule has 0 aromatic heterocycles. The third-order valence-corrected chi connectivity index (χ3v) is 4.11. The minimum Gasteiger partial charge on any atom is -0.337 e. The van der Waals surface area contributed by atoms with Gasteiger partial charge < -0.3 is 4.90 Å². The van der Waals surface area contributed by atoms with Crippen molar-refractivity contribution in [2.75, 3.05) is 7.05 Å². The van der Waals surface area contributed by atoms with Crippen molar-refractivity contribution in [2.45, 2.75) is 6.54 Å². The van der Waals surface area contributed by atoms with Crippen molar-refractivity contribution in [1.29, 1.82) is 0 Å². The van der Waals surface area contributed by atoms with E-state index in [1.54, 1.807) is 30.1 Å². The lowest BCUT2D eigenvalue weighted by atomic mass is 10.1. The molecule has 0 unspecified atom stereocenters. The van der Waals surface area contributed by atoms with Crippen LogP contribution in [-0.2, 0) is 6.54 Å². The first-order valence-corrected chi connectivity index (χ1v) is 7.47. The number of hydrogen-bond acceptors (Lipinski definition) is 1. The molecular formula is C15H12BrCl2NO. The van der Waals surface area contributed by atoms with Crippen LogP contribution in [0.4, 0.5) is 0 Å². The molecule has 0 atom stereocenters. The molecule has 2 nitrogen and oxygen atoms in total. The van der Waals surface area contributed by atoms with Crippen molar-refractivity contribution in [3.05, 3.63) is 68.1 Å². The number of carbonyl (C=O) groups excluding carboxylic acids is 1. The third kappa shape index (κ3) is 3.75. The van der Waals surface area contributed by atoms with Gasteiger partial charge in [-0.05, 0) is 35.9 Å². The van der Waals surface area contributed by atoms with E-state index in [2.05, 4.69) is 15.9 Å². The first-order valence-electron chi connectivity index (χ1n) is 5.92. The van der Waals surface area contributed by atoms with Crippen molar-refractivity contribution in [3.63, 3.8) is 0 Å². The number of amides is 1. The highest BCUT2D eigenvalue weighted by molar-refractivity contribution is 9.10. The monoisotopic (exact) mass is 371 g/mol. The highest BCUT2D eigenvalue weighted by Gasteiger charge is 2.13. The maximum Gasteiger partial charge on any atom is 0.253 e. The van der Waals surface area contributed by atoms with Gasteiger partial charge in [-0.3, -0.25) is 4.79 Å². The quantitative estimate of drug-likeness (QED) is 0.739. The van der Waals surface area contributed by atoms with Crippen LogP contribution < -0.4 is 0 Å². The number of nitrogens with zero attached hydrogens (tertiary/aromatic N) is 1. The van der Waals surface area contributed by atoms with Crippen molar-refractivity contribution in [2.24, 2.45) is 0 Å². The minimum atomic E-state index is -0.0912. The number of halogens is 3. The van der Waals surface area contributed by atoms with E-state index >= 15 is 0 Å². The Hall–Kier alpha value is -1.03. The summed E-state index contributed by atoms with van der Waals surface area (Å²) in [4.78, 5) is 13.9. The average molecular weight is 373 g/mol. The zero-order valence-electron chi connectivity index (χ0n) is 10.7. The summed E-state index contributed by atoms with van der Waals surface area (Å²) in [6.07, 6.45) is 0. The van der Waals surface area contributed by atoms with E-state index in [9.17, 15) is 4.79 Å². The summed E-state index contributed by atoms with van der Waals surface area (Å²) in [6, 6.07) is 12.7. The van der Waals surface area contributed by atoms with Crippen LogP contribution in [0, 0.1) is 0 Å². The SMILES string of the molecule is CN(Cc1ccc(Br)cc1)C(=O)c1ccc(Cl)c(Cl)c1. The minimum absolute atomic E-state index is 0.0912. The van der Waals surface area contributed by atoms with Gasteiger partial charge in [0.1, 0.15) is 0 Å². The Morgan fingerprint density at radius 3 is 2.35 bits per heavy atom. The summed E-state index contributed by atoms with van der Waals surface area (Å²) in [6.45, 7) is 0.534. The number of carbonyl (C=O) groups is 1. The van der Waals surface area contributed by atoms with E-state index in [0.717, 1.165) is 10.0 Å². The van der Waals surface area contributed by atoms with Crippen LogP contribution in [0.2, 0.25) is 10.0 Å². The average Bonchev–Trinajstić information content (AvgIpc) is 2.43. The predicted octanol–water partition coefficient (Wildman–Crippen LogP) is 5.03. The smallest absolute Gasteiger partial charge is 0.253 e. The van der Waals surface area contributed by atoms with E-state index in [1.807, 2.05) is 24.3 Å². The molecule has 0 bridgehead atoms. The Morgan fingerprint density at radius 2 is 1.75 bits per heavy atom. The molecule has 0 saturated carbocycles. The fourth-order valence-corrected chi connectivity index (χ4v) is 2.35. The van der Waals surface area contributed by atoms with Gasteiger partial charge >= 0.3 is 0 Å². The van der Waals surface area contributed by atoms with Crippen LogP contribution in [-0.4, -0.2) is 17.9 Å². The molecule has 1 amide bonds. The summed E-state index contributed by atoms with van der Waals surface area (Å²) >= 11 is 15.2. The third-order valence-electron chi connectivity index (χ3n) is 2.85. The zero-order chi connectivity index (χ0) is 14.7. The molecule has 0 aliphatic rings. The Morgan fingerprint density at radius 1 is 1.10 bits per heavy atom. The summed E-state index contributed by atoms with van der Waals surface area (Å²) in [5.41, 5.74) is 1.59. The molecule has 0 heterocycles. The second kappa shape index (κ2) is 6.61. The molecule has 0 fully saturated rings. The van der Waals surface area contributed by atoms with Gasteiger partial charge in [0, 0.05) is 23.6 Å². The van der Waals surface area contributed by atoms with Crippen LogP contribution in [0.25, 0.3) is 0 Å². The van der Waals surface area contributed by atoms with Crippen molar-refractivity contribution in [1.82, 2.24) is 4.90 Å². The van der Waals surface area contributed by atoms with Gasteiger partial charge in [-0.25, -0.2) is 0 Å². The molecule has 2 aromatic carbocycles. The molecule has 2 aromatic rings. The normalized spacial score (nSPS) is 10.4. The van der Waals surface area contributed by atoms with E-state index in [0.29, 0.717) is 22.2 Å². The molecule has 0 saturated heterocycles. The molecule has 5 heteroatoms. The van der Waals surface area contributed by atoms with E-state index in [1.165, 1.54) is 0 Å². The predicted molar refractivity (Wildman–Crippen MR) is 86.4 cm³/mol. The summed E-state index contributed by atoms with van der Waals surface area (Å²) in [5.74, 6) is -0.0912. The molecule has 0 spiro atoms. The maximum absolute atomic E-state index is 12.3. The zero-order valence-corrected chi connectivity index (χ0v) is 13.8. The van der Waals surface area contributed by atoms with Crippen LogP contribution >= 0.6 is 39.1 Å². The van der Waals surface area contributed by atoms with Crippen LogP contribution in [0.5, 0.6) is 0 Å². The number of benzene rings is 2. The molecule has 0 radical (unpaired) electrons. The maximum atomic E-state index is 12.3. The van der Waals surface area contributed by atoms with Crippen molar-refractivity contribution < 1.29 is 4.79 Å². The molecule has 20 heavy (non-hydrogen) atoms. The van der Waals surface area contributed by atoms with Crippen molar-refractivity contribution in [3.8, 4) is 0 Å². The number of rotatable bonds is 3. The first kappa shape index (κ1) is 15.4. The van der Waals surface area contributed by atoms with Crippen LogP contribution in [0.15, 0.2) is 46.9 Å². The Bertz CT molecular complexity index is 628.